The van der Waals surface area contributed by atoms with E-state index in [4.69, 9.17) is 0 Å². The third kappa shape index (κ3) is 3.80. The lowest BCUT2D eigenvalue weighted by atomic mass is 10.1. The molecule has 4 nitrogen and oxygen atoms in total. The van der Waals surface area contributed by atoms with E-state index in [9.17, 15) is 13.2 Å². The van der Waals surface area contributed by atoms with Crippen molar-refractivity contribution >= 4 is 0 Å². The maximum absolute atomic E-state index is 12.4. The predicted molar refractivity (Wildman–Crippen MR) is 67.9 cm³/mol. The molecule has 0 fully saturated rings. The number of hydrogen-bond donors (Lipinski definition) is 1. The molecule has 0 saturated carbocycles. The molecule has 108 valence electrons. The van der Waals surface area contributed by atoms with Crippen LogP contribution in [0.3, 0.4) is 0 Å². The summed E-state index contributed by atoms with van der Waals surface area (Å²) in [7, 11) is 0. The quantitative estimate of drug-likeness (QED) is 0.917. The molecule has 1 N–H and O–H groups in total. The van der Waals surface area contributed by atoms with Gasteiger partial charge in [-0.05, 0) is 24.2 Å². The van der Waals surface area contributed by atoms with Crippen molar-refractivity contribution < 1.29 is 13.2 Å². The summed E-state index contributed by atoms with van der Waals surface area (Å²) in [5.74, 6) is 0. The molecule has 2 rings (SSSR count). The minimum Gasteiger partial charge on any atom is -0.311 e. The number of halogens is 3. The summed E-state index contributed by atoms with van der Waals surface area (Å²) >= 11 is 0. The Balaban J connectivity index is 2.01. The highest BCUT2D eigenvalue weighted by molar-refractivity contribution is 5.24. The van der Waals surface area contributed by atoms with Gasteiger partial charge in [-0.1, -0.05) is 24.3 Å². The molecular weight excluding hydrogens is 269 g/mol. The molecule has 1 aromatic heterocycles. The van der Waals surface area contributed by atoms with Gasteiger partial charge in [0.05, 0.1) is 24.0 Å². The highest BCUT2D eigenvalue weighted by atomic mass is 19.4. The van der Waals surface area contributed by atoms with Crippen LogP contribution in [-0.2, 0) is 19.3 Å². The second-order valence-corrected chi connectivity index (χ2v) is 4.38. The predicted octanol–water partition coefficient (Wildman–Crippen LogP) is 2.45. The molecule has 1 aromatic carbocycles. The van der Waals surface area contributed by atoms with Crippen molar-refractivity contribution in [3.05, 3.63) is 47.3 Å². The summed E-state index contributed by atoms with van der Waals surface area (Å²) in [5.41, 5.74) is 0.907. The number of hydrogen-bond acceptors (Lipinski definition) is 3. The summed E-state index contributed by atoms with van der Waals surface area (Å²) < 4.78 is 38.9. The molecule has 2 aromatic rings. The molecule has 0 unspecified atom stereocenters. The van der Waals surface area contributed by atoms with Gasteiger partial charge in [0.25, 0.3) is 0 Å². The minimum absolute atomic E-state index is 0.400. The van der Waals surface area contributed by atoms with E-state index in [1.165, 1.54) is 12.1 Å². The zero-order valence-electron chi connectivity index (χ0n) is 11.0. The van der Waals surface area contributed by atoms with Crippen LogP contribution in [0.1, 0.15) is 23.7 Å². The number of benzene rings is 1. The Labute approximate surface area is 114 Å². The van der Waals surface area contributed by atoms with E-state index in [-0.39, 0.29) is 0 Å². The molecule has 0 aliphatic carbocycles. The molecule has 0 saturated heterocycles. The molecule has 20 heavy (non-hydrogen) atoms. The van der Waals surface area contributed by atoms with Crippen LogP contribution >= 0.6 is 0 Å². The molecule has 0 aliphatic rings. The van der Waals surface area contributed by atoms with E-state index in [0.717, 1.165) is 29.9 Å². The normalized spacial score (nSPS) is 11.8. The fourth-order valence-corrected chi connectivity index (χ4v) is 1.74. The van der Waals surface area contributed by atoms with Crippen molar-refractivity contribution in [2.45, 2.75) is 26.2 Å². The third-order valence-electron chi connectivity index (χ3n) is 2.77. The second kappa shape index (κ2) is 6.04. The Kier molecular flexibility index (Phi) is 4.39. The maximum Gasteiger partial charge on any atom is 0.416 e. The van der Waals surface area contributed by atoms with E-state index < -0.39 is 11.7 Å². The maximum atomic E-state index is 12.4. The number of alkyl halides is 3. The lowest BCUT2D eigenvalue weighted by Gasteiger charge is -2.07. The first-order chi connectivity index (χ1) is 9.49. The molecule has 0 radical (unpaired) electrons. The summed E-state index contributed by atoms with van der Waals surface area (Å²) in [6.07, 6.45) is -2.52. The molecule has 0 atom stereocenters. The van der Waals surface area contributed by atoms with Crippen LogP contribution in [0.4, 0.5) is 13.2 Å². The third-order valence-corrected chi connectivity index (χ3v) is 2.77. The van der Waals surface area contributed by atoms with Gasteiger partial charge in [-0.25, -0.2) is 4.68 Å². The van der Waals surface area contributed by atoms with E-state index in [1.54, 1.807) is 10.9 Å². The number of rotatable bonds is 5. The average Bonchev–Trinajstić information content (AvgIpc) is 2.83. The first-order valence-electron chi connectivity index (χ1n) is 6.25. The Hall–Kier alpha value is -1.89. The summed E-state index contributed by atoms with van der Waals surface area (Å²) in [6, 6.07) is 5.06. The van der Waals surface area contributed by atoms with Crippen LogP contribution in [0.25, 0.3) is 0 Å². The van der Waals surface area contributed by atoms with Gasteiger partial charge >= 0.3 is 6.18 Å². The van der Waals surface area contributed by atoms with Gasteiger partial charge in [0.15, 0.2) is 0 Å². The van der Waals surface area contributed by atoms with Crippen LogP contribution < -0.4 is 5.32 Å². The summed E-state index contributed by atoms with van der Waals surface area (Å²) in [4.78, 5) is 0. The zero-order valence-corrected chi connectivity index (χ0v) is 11.0. The molecule has 7 heteroatoms. The van der Waals surface area contributed by atoms with E-state index >= 15 is 0 Å². The molecule has 0 spiro atoms. The van der Waals surface area contributed by atoms with Crippen LogP contribution in [-0.4, -0.2) is 21.5 Å². The highest BCUT2D eigenvalue weighted by Gasteiger charge is 2.29. The summed E-state index contributed by atoms with van der Waals surface area (Å²) in [6.45, 7) is 3.86. The van der Waals surface area contributed by atoms with E-state index in [0.29, 0.717) is 13.1 Å². The molecular formula is C13H15F3N4. The monoisotopic (exact) mass is 284 g/mol. The average molecular weight is 284 g/mol. The van der Waals surface area contributed by atoms with Crippen molar-refractivity contribution in [1.82, 2.24) is 20.3 Å². The topological polar surface area (TPSA) is 42.7 Å². The fourth-order valence-electron chi connectivity index (χ4n) is 1.74. The fraction of sp³-hybridized carbons (Fsp3) is 0.385. The first-order valence-corrected chi connectivity index (χ1v) is 6.25. The van der Waals surface area contributed by atoms with Crippen LogP contribution in [0.15, 0.2) is 30.5 Å². The molecule has 0 bridgehead atoms. The Morgan fingerprint density at radius 2 is 1.90 bits per heavy atom. The summed E-state index contributed by atoms with van der Waals surface area (Å²) in [5, 5.41) is 11.0. The smallest absolute Gasteiger partial charge is 0.311 e. The Bertz CT molecular complexity index is 545. The van der Waals surface area contributed by atoms with Crippen LogP contribution in [0.5, 0.6) is 0 Å². The van der Waals surface area contributed by atoms with Gasteiger partial charge < -0.3 is 5.32 Å². The Morgan fingerprint density at radius 3 is 2.50 bits per heavy atom. The number of nitrogens with one attached hydrogen (secondary N) is 1. The van der Waals surface area contributed by atoms with Gasteiger partial charge in [0.1, 0.15) is 0 Å². The van der Waals surface area contributed by atoms with E-state index in [1.807, 2.05) is 6.92 Å². The van der Waals surface area contributed by atoms with Crippen LogP contribution in [0.2, 0.25) is 0 Å². The molecule has 1 heterocycles. The number of nitrogens with zero attached hydrogens (tertiary/aromatic N) is 3. The van der Waals surface area contributed by atoms with Crippen LogP contribution in [0, 0.1) is 0 Å². The Morgan fingerprint density at radius 1 is 1.20 bits per heavy atom. The van der Waals surface area contributed by atoms with Crippen molar-refractivity contribution in [2.75, 3.05) is 6.54 Å². The molecule has 0 amide bonds. The first kappa shape index (κ1) is 14.5. The van der Waals surface area contributed by atoms with E-state index in [2.05, 4.69) is 15.6 Å². The van der Waals surface area contributed by atoms with Crippen molar-refractivity contribution in [3.63, 3.8) is 0 Å². The van der Waals surface area contributed by atoms with Gasteiger partial charge in [-0.2, -0.15) is 13.2 Å². The van der Waals surface area contributed by atoms with Crippen molar-refractivity contribution in [1.29, 1.82) is 0 Å². The van der Waals surface area contributed by atoms with Gasteiger partial charge in [-0.15, -0.1) is 5.10 Å². The largest absolute Gasteiger partial charge is 0.416 e. The van der Waals surface area contributed by atoms with Gasteiger partial charge in [0, 0.05) is 6.54 Å². The lowest BCUT2D eigenvalue weighted by Crippen LogP contribution is -2.11. The zero-order chi connectivity index (χ0) is 14.6. The van der Waals surface area contributed by atoms with Crippen molar-refractivity contribution in [2.24, 2.45) is 0 Å². The number of aromatic nitrogens is 3. The SMILES string of the molecule is CCNCc1cn(Cc2ccc(C(F)(F)F)cc2)nn1. The molecule has 0 aliphatic heterocycles. The van der Waals surface area contributed by atoms with Gasteiger partial charge in [-0.3, -0.25) is 0 Å². The van der Waals surface area contributed by atoms with Crippen molar-refractivity contribution in [3.8, 4) is 0 Å². The highest BCUT2D eigenvalue weighted by Crippen LogP contribution is 2.29. The minimum atomic E-state index is -4.30. The lowest BCUT2D eigenvalue weighted by molar-refractivity contribution is -0.137. The van der Waals surface area contributed by atoms with Gasteiger partial charge in [0.2, 0.25) is 0 Å². The standard InChI is InChI=1S/C13H15F3N4/c1-2-17-7-12-9-20(19-18-12)8-10-3-5-11(6-4-10)13(14,15)16/h3-6,9,17H,2,7-8H2,1H3. The second-order valence-electron chi connectivity index (χ2n) is 4.38.